The molecule has 2 rings (SSSR count). The van der Waals surface area contributed by atoms with E-state index < -0.39 is 17.3 Å². The zero-order valence-corrected chi connectivity index (χ0v) is 14.2. The molecule has 0 aliphatic rings. The maximum absolute atomic E-state index is 13.4. The van der Waals surface area contributed by atoms with Gasteiger partial charge in [0.2, 0.25) is 0 Å². The summed E-state index contributed by atoms with van der Waals surface area (Å²) in [7, 11) is 0. The Bertz CT molecular complexity index is 753. The molecule has 23 heavy (non-hydrogen) atoms. The predicted octanol–water partition coefficient (Wildman–Crippen LogP) is 3.63. The lowest BCUT2D eigenvalue weighted by molar-refractivity contribution is 0.0514. The van der Waals surface area contributed by atoms with E-state index in [1.165, 1.54) is 6.07 Å². The molecule has 0 aliphatic heterocycles. The molecule has 1 aromatic carbocycles. The zero-order valence-electron chi connectivity index (χ0n) is 13.5. The summed E-state index contributed by atoms with van der Waals surface area (Å²) in [6, 6.07) is 4.22. The van der Waals surface area contributed by atoms with Crippen molar-refractivity contribution in [2.45, 2.75) is 33.3 Å². The molecule has 2 aromatic rings. The van der Waals surface area contributed by atoms with E-state index in [0.717, 1.165) is 6.07 Å². The molecule has 0 aliphatic carbocycles. The number of rotatable bonds is 4. The Hall–Kier alpha value is -1.85. The van der Waals surface area contributed by atoms with Gasteiger partial charge in [-0.05, 0) is 51.5 Å². The van der Waals surface area contributed by atoms with Crippen LogP contribution in [-0.2, 0) is 5.60 Å². The molecule has 0 radical (unpaired) electrons. The molecule has 1 heterocycles. The number of aryl methyl sites for hydroxylation is 3. The van der Waals surface area contributed by atoms with Crippen molar-refractivity contribution in [3.05, 3.63) is 57.2 Å². The second-order valence-electron chi connectivity index (χ2n) is 5.86. The van der Waals surface area contributed by atoms with Gasteiger partial charge in [-0.15, -0.1) is 0 Å². The quantitative estimate of drug-likeness (QED) is 0.894. The van der Waals surface area contributed by atoms with E-state index in [0.29, 0.717) is 22.6 Å². The number of aliphatic hydroxyl groups is 1. The van der Waals surface area contributed by atoms with Gasteiger partial charge in [-0.1, -0.05) is 11.6 Å². The van der Waals surface area contributed by atoms with Crippen LogP contribution in [0.2, 0.25) is 5.02 Å². The second-order valence-corrected chi connectivity index (χ2v) is 6.27. The molecule has 0 saturated heterocycles. The lowest BCUT2D eigenvalue weighted by atomic mass is 9.96. The largest absolute Gasteiger partial charge is 0.466 e. The van der Waals surface area contributed by atoms with Gasteiger partial charge in [0.05, 0.1) is 17.1 Å². The Morgan fingerprint density at radius 3 is 2.57 bits per heavy atom. The van der Waals surface area contributed by atoms with Crippen LogP contribution in [0.1, 0.15) is 39.9 Å². The summed E-state index contributed by atoms with van der Waals surface area (Å²) in [5.41, 5.74) is -0.190. The van der Waals surface area contributed by atoms with Gasteiger partial charge in [-0.3, -0.25) is 4.79 Å². The van der Waals surface area contributed by atoms with Gasteiger partial charge in [-0.25, -0.2) is 4.39 Å². The molecule has 0 bridgehead atoms. The molecular formula is C17H19ClFNO3. The molecular weight excluding hydrogens is 321 g/mol. The van der Waals surface area contributed by atoms with Gasteiger partial charge in [-0.2, -0.15) is 0 Å². The number of nitrogens with one attached hydrogen (secondary N) is 1. The minimum Gasteiger partial charge on any atom is -0.466 e. The Labute approximate surface area is 139 Å². The second kappa shape index (κ2) is 6.34. The van der Waals surface area contributed by atoms with Crippen LogP contribution in [0.15, 0.2) is 22.6 Å². The Balaban J connectivity index is 2.15. The summed E-state index contributed by atoms with van der Waals surface area (Å²) < 4.78 is 18.8. The molecule has 1 aromatic heterocycles. The first-order chi connectivity index (χ1) is 10.6. The van der Waals surface area contributed by atoms with E-state index in [4.69, 9.17) is 16.0 Å². The molecule has 0 saturated carbocycles. The molecule has 2 N–H and O–H groups in total. The number of carbonyl (C=O) groups excluding carboxylic acids is 1. The number of hydrogen-bond donors (Lipinski definition) is 2. The topological polar surface area (TPSA) is 62.5 Å². The van der Waals surface area contributed by atoms with Crippen molar-refractivity contribution >= 4 is 17.5 Å². The third-order valence-electron chi connectivity index (χ3n) is 3.71. The fourth-order valence-electron chi connectivity index (χ4n) is 2.44. The van der Waals surface area contributed by atoms with Crippen LogP contribution >= 0.6 is 11.6 Å². The fourth-order valence-corrected chi connectivity index (χ4v) is 2.68. The molecule has 1 unspecified atom stereocenters. The standard InChI is InChI=1S/C17H19ClFNO3/c1-9-5-12(14(18)7-15(9)19)16(21)20-8-17(4,22)13-6-10(2)23-11(13)3/h5-7,22H,8H2,1-4H3,(H,20,21). The highest BCUT2D eigenvalue weighted by molar-refractivity contribution is 6.33. The molecule has 124 valence electrons. The van der Waals surface area contributed by atoms with Crippen LogP contribution in [0.3, 0.4) is 0 Å². The highest BCUT2D eigenvalue weighted by Gasteiger charge is 2.28. The van der Waals surface area contributed by atoms with Crippen LogP contribution in [0.25, 0.3) is 0 Å². The minimum atomic E-state index is -1.29. The average molecular weight is 340 g/mol. The number of furan rings is 1. The Kier molecular flexibility index (Phi) is 4.82. The monoisotopic (exact) mass is 339 g/mol. The van der Waals surface area contributed by atoms with Gasteiger partial charge in [0.15, 0.2) is 0 Å². The molecule has 0 fully saturated rings. The summed E-state index contributed by atoms with van der Waals surface area (Å²) in [5.74, 6) is 0.331. The lowest BCUT2D eigenvalue weighted by Gasteiger charge is -2.23. The SMILES string of the molecule is Cc1cc(C(C)(O)CNC(=O)c2cc(C)c(F)cc2Cl)c(C)o1. The van der Waals surface area contributed by atoms with E-state index in [9.17, 15) is 14.3 Å². The summed E-state index contributed by atoms with van der Waals surface area (Å²) in [6.07, 6.45) is 0. The molecule has 6 heteroatoms. The summed E-state index contributed by atoms with van der Waals surface area (Å²) in [6.45, 7) is 6.64. The highest BCUT2D eigenvalue weighted by atomic mass is 35.5. The van der Waals surface area contributed by atoms with Crippen LogP contribution in [-0.4, -0.2) is 17.6 Å². The predicted molar refractivity (Wildman–Crippen MR) is 86.2 cm³/mol. The van der Waals surface area contributed by atoms with Crippen LogP contribution in [0.4, 0.5) is 4.39 Å². The smallest absolute Gasteiger partial charge is 0.252 e. The third kappa shape index (κ3) is 3.74. The number of carbonyl (C=O) groups is 1. The van der Waals surface area contributed by atoms with Gasteiger partial charge in [0.1, 0.15) is 22.9 Å². The molecule has 1 atom stereocenters. The normalized spacial score (nSPS) is 13.7. The molecule has 0 spiro atoms. The van der Waals surface area contributed by atoms with E-state index >= 15 is 0 Å². The Morgan fingerprint density at radius 2 is 2.00 bits per heavy atom. The molecule has 4 nitrogen and oxygen atoms in total. The fraction of sp³-hybridized carbons (Fsp3) is 0.353. The van der Waals surface area contributed by atoms with Crippen molar-refractivity contribution < 1.29 is 18.7 Å². The van der Waals surface area contributed by atoms with E-state index in [1.54, 1.807) is 33.8 Å². The van der Waals surface area contributed by atoms with Crippen LogP contribution in [0, 0.1) is 26.6 Å². The maximum atomic E-state index is 13.4. The van der Waals surface area contributed by atoms with Gasteiger partial charge >= 0.3 is 0 Å². The number of amides is 1. The minimum absolute atomic E-state index is 0.0283. The maximum Gasteiger partial charge on any atom is 0.252 e. The van der Waals surface area contributed by atoms with Crippen molar-refractivity contribution in [1.29, 1.82) is 0 Å². The van der Waals surface area contributed by atoms with Gasteiger partial charge in [0, 0.05) is 5.56 Å². The molecule has 1 amide bonds. The van der Waals surface area contributed by atoms with Crippen molar-refractivity contribution in [3.63, 3.8) is 0 Å². The zero-order chi connectivity index (χ0) is 17.4. The summed E-state index contributed by atoms with van der Waals surface area (Å²) in [4.78, 5) is 12.2. The average Bonchev–Trinajstić information content (AvgIpc) is 2.80. The van der Waals surface area contributed by atoms with Crippen molar-refractivity contribution in [3.8, 4) is 0 Å². The number of halogens is 2. The van der Waals surface area contributed by atoms with Crippen molar-refractivity contribution in [2.24, 2.45) is 0 Å². The summed E-state index contributed by atoms with van der Waals surface area (Å²) >= 11 is 5.91. The number of hydrogen-bond acceptors (Lipinski definition) is 3. The van der Waals surface area contributed by atoms with Gasteiger partial charge in [0.25, 0.3) is 5.91 Å². The van der Waals surface area contributed by atoms with Gasteiger partial charge < -0.3 is 14.8 Å². The number of benzene rings is 1. The van der Waals surface area contributed by atoms with Crippen LogP contribution < -0.4 is 5.32 Å². The Morgan fingerprint density at radius 1 is 1.35 bits per heavy atom. The van der Waals surface area contributed by atoms with Crippen molar-refractivity contribution in [1.82, 2.24) is 5.32 Å². The van der Waals surface area contributed by atoms with E-state index in [2.05, 4.69) is 5.32 Å². The lowest BCUT2D eigenvalue weighted by Crippen LogP contribution is -2.38. The first-order valence-electron chi connectivity index (χ1n) is 7.15. The van der Waals surface area contributed by atoms with Crippen molar-refractivity contribution in [2.75, 3.05) is 6.54 Å². The summed E-state index contributed by atoms with van der Waals surface area (Å²) in [5, 5.41) is 13.2. The van der Waals surface area contributed by atoms with E-state index in [1.807, 2.05) is 0 Å². The highest BCUT2D eigenvalue weighted by Crippen LogP contribution is 2.27. The first-order valence-corrected chi connectivity index (χ1v) is 7.53. The van der Waals surface area contributed by atoms with E-state index in [-0.39, 0.29) is 17.1 Å². The van der Waals surface area contributed by atoms with Crippen LogP contribution in [0.5, 0.6) is 0 Å². The third-order valence-corrected chi connectivity index (χ3v) is 4.02. The first kappa shape index (κ1) is 17.5.